The SMILES string of the molecule is O=C(N[C@H](c1ccccc1)c1ccccn1)C1CCCCC1. The summed E-state index contributed by atoms with van der Waals surface area (Å²) in [5, 5.41) is 3.22. The van der Waals surface area contributed by atoms with Gasteiger partial charge < -0.3 is 5.32 Å². The minimum atomic E-state index is -0.170. The van der Waals surface area contributed by atoms with Crippen molar-refractivity contribution in [1.82, 2.24) is 10.3 Å². The predicted octanol–water partition coefficient (Wildman–Crippen LogP) is 3.87. The number of nitrogens with zero attached hydrogens (tertiary/aromatic N) is 1. The van der Waals surface area contributed by atoms with Crippen LogP contribution in [0.5, 0.6) is 0 Å². The fourth-order valence-electron chi connectivity index (χ4n) is 3.15. The highest BCUT2D eigenvalue weighted by atomic mass is 16.1. The normalized spacial score (nSPS) is 16.9. The van der Waals surface area contributed by atoms with Crippen LogP contribution in [0.1, 0.15) is 49.4 Å². The molecule has 3 rings (SSSR count). The van der Waals surface area contributed by atoms with Crippen molar-refractivity contribution in [2.45, 2.75) is 38.1 Å². The maximum atomic E-state index is 12.6. The maximum absolute atomic E-state index is 12.6. The van der Waals surface area contributed by atoms with E-state index in [2.05, 4.69) is 10.3 Å². The Morgan fingerprint density at radius 1 is 1.00 bits per heavy atom. The molecule has 22 heavy (non-hydrogen) atoms. The lowest BCUT2D eigenvalue weighted by Gasteiger charge is -2.25. The number of nitrogens with one attached hydrogen (secondary N) is 1. The standard InChI is InChI=1S/C19H22N2O/c22-19(16-11-5-2-6-12-16)21-18(15-9-3-1-4-10-15)17-13-7-8-14-20-17/h1,3-4,7-10,13-14,16,18H,2,5-6,11-12H2,(H,21,22)/t18-/m1/s1. The molecule has 0 saturated heterocycles. The molecule has 1 amide bonds. The summed E-state index contributed by atoms with van der Waals surface area (Å²) in [6.45, 7) is 0. The largest absolute Gasteiger partial charge is 0.343 e. The van der Waals surface area contributed by atoms with Gasteiger partial charge in [0.15, 0.2) is 0 Å². The van der Waals surface area contributed by atoms with Gasteiger partial charge in [-0.2, -0.15) is 0 Å². The Morgan fingerprint density at radius 3 is 2.41 bits per heavy atom. The highest BCUT2D eigenvalue weighted by Gasteiger charge is 2.25. The fourth-order valence-corrected chi connectivity index (χ4v) is 3.15. The van der Waals surface area contributed by atoms with Crippen molar-refractivity contribution < 1.29 is 4.79 Å². The van der Waals surface area contributed by atoms with Gasteiger partial charge in [0.2, 0.25) is 5.91 Å². The Balaban J connectivity index is 1.81. The maximum Gasteiger partial charge on any atom is 0.223 e. The second-order valence-electron chi connectivity index (χ2n) is 5.94. The summed E-state index contributed by atoms with van der Waals surface area (Å²) in [6.07, 6.45) is 7.38. The first kappa shape index (κ1) is 14.8. The van der Waals surface area contributed by atoms with E-state index in [0.717, 1.165) is 36.9 Å². The Hall–Kier alpha value is -2.16. The molecule has 1 atom stereocenters. The lowest BCUT2D eigenvalue weighted by Crippen LogP contribution is -2.35. The van der Waals surface area contributed by atoms with Crippen LogP contribution in [-0.2, 0) is 4.79 Å². The molecule has 0 unspecified atom stereocenters. The number of carbonyl (C=O) groups is 1. The summed E-state index contributed by atoms with van der Waals surface area (Å²) >= 11 is 0. The number of benzene rings is 1. The summed E-state index contributed by atoms with van der Waals surface area (Å²) in [5.74, 6) is 0.322. The molecule has 1 N–H and O–H groups in total. The molecule has 1 aliphatic rings. The monoisotopic (exact) mass is 294 g/mol. The molecule has 2 aromatic rings. The van der Waals surface area contributed by atoms with E-state index in [1.165, 1.54) is 6.42 Å². The third-order valence-electron chi connectivity index (χ3n) is 4.38. The Kier molecular flexibility index (Phi) is 4.84. The minimum absolute atomic E-state index is 0.156. The molecule has 1 saturated carbocycles. The number of pyridine rings is 1. The summed E-state index contributed by atoms with van der Waals surface area (Å²) in [4.78, 5) is 17.1. The van der Waals surface area contributed by atoms with Gasteiger partial charge >= 0.3 is 0 Å². The summed E-state index contributed by atoms with van der Waals surface area (Å²) in [6, 6.07) is 15.7. The predicted molar refractivity (Wildman–Crippen MR) is 87.2 cm³/mol. The zero-order valence-corrected chi connectivity index (χ0v) is 12.7. The van der Waals surface area contributed by atoms with Crippen molar-refractivity contribution in [3.05, 3.63) is 66.0 Å². The molecule has 3 heteroatoms. The minimum Gasteiger partial charge on any atom is -0.343 e. The number of rotatable bonds is 4. The second kappa shape index (κ2) is 7.21. The van der Waals surface area contributed by atoms with Crippen molar-refractivity contribution in [3.63, 3.8) is 0 Å². The van der Waals surface area contributed by atoms with Crippen LogP contribution < -0.4 is 5.32 Å². The quantitative estimate of drug-likeness (QED) is 0.930. The van der Waals surface area contributed by atoms with Gasteiger partial charge in [-0.1, -0.05) is 55.7 Å². The molecular weight excluding hydrogens is 272 g/mol. The molecule has 0 spiro atoms. The van der Waals surface area contributed by atoms with E-state index in [1.54, 1.807) is 6.20 Å². The van der Waals surface area contributed by atoms with Crippen molar-refractivity contribution in [1.29, 1.82) is 0 Å². The number of carbonyl (C=O) groups excluding carboxylic acids is 1. The Bertz CT molecular complexity index is 552. The molecule has 3 nitrogen and oxygen atoms in total. The highest BCUT2D eigenvalue weighted by molar-refractivity contribution is 5.79. The first-order valence-corrected chi connectivity index (χ1v) is 8.11. The number of hydrogen-bond donors (Lipinski definition) is 1. The van der Waals surface area contributed by atoms with E-state index in [4.69, 9.17) is 0 Å². The summed E-state index contributed by atoms with van der Waals surface area (Å²) < 4.78 is 0. The number of hydrogen-bond acceptors (Lipinski definition) is 2. The van der Waals surface area contributed by atoms with E-state index >= 15 is 0 Å². The van der Waals surface area contributed by atoms with Gasteiger partial charge in [0.25, 0.3) is 0 Å². The van der Waals surface area contributed by atoms with Crippen LogP contribution in [-0.4, -0.2) is 10.9 Å². The average molecular weight is 294 g/mol. The topological polar surface area (TPSA) is 42.0 Å². The summed E-state index contributed by atoms with van der Waals surface area (Å²) in [7, 11) is 0. The molecule has 1 fully saturated rings. The molecule has 0 radical (unpaired) electrons. The Morgan fingerprint density at radius 2 is 1.73 bits per heavy atom. The van der Waals surface area contributed by atoms with E-state index < -0.39 is 0 Å². The fraction of sp³-hybridized carbons (Fsp3) is 0.368. The van der Waals surface area contributed by atoms with Crippen LogP contribution in [0.2, 0.25) is 0 Å². The zero-order valence-electron chi connectivity index (χ0n) is 12.7. The van der Waals surface area contributed by atoms with E-state index in [-0.39, 0.29) is 17.9 Å². The van der Waals surface area contributed by atoms with Gasteiger partial charge in [0.05, 0.1) is 11.7 Å². The van der Waals surface area contributed by atoms with Gasteiger partial charge in [-0.15, -0.1) is 0 Å². The lowest BCUT2D eigenvalue weighted by atomic mass is 9.88. The first-order valence-electron chi connectivity index (χ1n) is 8.11. The third-order valence-corrected chi connectivity index (χ3v) is 4.38. The molecular formula is C19H22N2O. The van der Waals surface area contributed by atoms with Crippen molar-refractivity contribution >= 4 is 5.91 Å². The molecule has 1 aliphatic carbocycles. The lowest BCUT2D eigenvalue weighted by molar-refractivity contribution is -0.126. The van der Waals surface area contributed by atoms with Gasteiger partial charge in [0, 0.05) is 12.1 Å². The van der Waals surface area contributed by atoms with Crippen molar-refractivity contribution in [2.75, 3.05) is 0 Å². The molecule has 1 aromatic heterocycles. The van der Waals surface area contributed by atoms with Gasteiger partial charge in [-0.05, 0) is 30.5 Å². The van der Waals surface area contributed by atoms with Crippen LogP contribution in [0.3, 0.4) is 0 Å². The molecule has 0 bridgehead atoms. The smallest absolute Gasteiger partial charge is 0.223 e. The zero-order chi connectivity index (χ0) is 15.2. The van der Waals surface area contributed by atoms with Gasteiger partial charge in [0.1, 0.15) is 0 Å². The highest BCUT2D eigenvalue weighted by Crippen LogP contribution is 2.26. The van der Waals surface area contributed by atoms with Crippen LogP contribution in [0.4, 0.5) is 0 Å². The van der Waals surface area contributed by atoms with Crippen LogP contribution >= 0.6 is 0 Å². The molecule has 1 aromatic carbocycles. The number of aromatic nitrogens is 1. The summed E-state index contributed by atoms with van der Waals surface area (Å²) in [5.41, 5.74) is 1.96. The van der Waals surface area contributed by atoms with Crippen LogP contribution in [0.15, 0.2) is 54.7 Å². The van der Waals surface area contributed by atoms with E-state index in [1.807, 2.05) is 48.5 Å². The van der Waals surface area contributed by atoms with Crippen LogP contribution in [0.25, 0.3) is 0 Å². The molecule has 1 heterocycles. The first-order chi connectivity index (χ1) is 10.8. The Labute approximate surface area is 131 Å². The van der Waals surface area contributed by atoms with Crippen molar-refractivity contribution in [2.24, 2.45) is 5.92 Å². The van der Waals surface area contributed by atoms with E-state index in [0.29, 0.717) is 0 Å². The molecule has 114 valence electrons. The average Bonchev–Trinajstić information content (AvgIpc) is 2.62. The molecule has 0 aliphatic heterocycles. The van der Waals surface area contributed by atoms with Crippen LogP contribution in [0, 0.1) is 5.92 Å². The van der Waals surface area contributed by atoms with Gasteiger partial charge in [-0.25, -0.2) is 0 Å². The number of amides is 1. The van der Waals surface area contributed by atoms with E-state index in [9.17, 15) is 4.79 Å². The van der Waals surface area contributed by atoms with Crippen molar-refractivity contribution in [3.8, 4) is 0 Å². The van der Waals surface area contributed by atoms with Gasteiger partial charge in [-0.3, -0.25) is 9.78 Å². The second-order valence-corrected chi connectivity index (χ2v) is 5.94. The third kappa shape index (κ3) is 3.53.